The van der Waals surface area contributed by atoms with E-state index in [-0.39, 0.29) is 30.8 Å². The second-order valence-corrected chi connectivity index (χ2v) is 9.72. The molecule has 4 amide bonds. The number of carbonyl (C=O) groups excluding carboxylic acids is 3. The Labute approximate surface area is 199 Å². The van der Waals surface area contributed by atoms with Crippen LogP contribution in [0.25, 0.3) is 0 Å². The summed E-state index contributed by atoms with van der Waals surface area (Å²) < 4.78 is 0.471. The van der Waals surface area contributed by atoms with E-state index in [0.29, 0.717) is 27.7 Å². The Morgan fingerprint density at radius 3 is 2.21 bits per heavy atom. The smallest absolute Gasteiger partial charge is 0.407 e. The number of thiophene rings is 1. The van der Waals surface area contributed by atoms with Crippen molar-refractivity contribution in [3.05, 3.63) is 51.2 Å². The third kappa shape index (κ3) is 5.28. The Morgan fingerprint density at radius 1 is 0.970 bits per heavy atom. The number of carboxylic acid groups (broad SMARTS) is 1. The van der Waals surface area contributed by atoms with Crippen molar-refractivity contribution in [2.24, 2.45) is 0 Å². The molecule has 3 N–H and O–H groups in total. The Hall–Kier alpha value is -3.11. The molecule has 0 spiro atoms. The number of carbonyl (C=O) groups is 4. The highest BCUT2D eigenvalue weighted by molar-refractivity contribution is 7.18. The minimum atomic E-state index is -1.12. The van der Waals surface area contributed by atoms with Crippen LogP contribution in [0.1, 0.15) is 39.3 Å². The van der Waals surface area contributed by atoms with Crippen molar-refractivity contribution in [3.63, 3.8) is 0 Å². The Morgan fingerprint density at radius 2 is 1.64 bits per heavy atom. The summed E-state index contributed by atoms with van der Waals surface area (Å²) in [5.74, 6) is -0.690. The average molecular weight is 491 g/mol. The molecular formula is C22H23ClN4O5S. The second-order valence-electron chi connectivity index (χ2n) is 8.00. The lowest BCUT2D eigenvalue weighted by Gasteiger charge is -2.27. The predicted molar refractivity (Wildman–Crippen MR) is 124 cm³/mol. The van der Waals surface area contributed by atoms with Gasteiger partial charge in [0.1, 0.15) is 0 Å². The van der Waals surface area contributed by atoms with Gasteiger partial charge in [0.15, 0.2) is 0 Å². The quantitative estimate of drug-likeness (QED) is 0.595. The Kier molecular flexibility index (Phi) is 6.85. The van der Waals surface area contributed by atoms with Gasteiger partial charge in [-0.15, -0.1) is 11.3 Å². The van der Waals surface area contributed by atoms with Crippen LogP contribution in [-0.2, 0) is 4.79 Å². The topological polar surface area (TPSA) is 119 Å². The van der Waals surface area contributed by atoms with Gasteiger partial charge >= 0.3 is 6.09 Å². The van der Waals surface area contributed by atoms with E-state index < -0.39 is 18.2 Å². The maximum absolute atomic E-state index is 12.8. The van der Waals surface area contributed by atoms with Crippen molar-refractivity contribution >= 4 is 52.4 Å². The first-order chi connectivity index (χ1) is 15.8. The summed E-state index contributed by atoms with van der Waals surface area (Å²) in [6.07, 6.45) is 1.23. The van der Waals surface area contributed by atoms with E-state index in [2.05, 4.69) is 10.6 Å². The first kappa shape index (κ1) is 23.1. The number of anilines is 1. The van der Waals surface area contributed by atoms with E-state index in [9.17, 15) is 24.3 Å². The number of nitrogens with one attached hydrogen (secondary N) is 2. The average Bonchev–Trinajstić information content (AvgIpc) is 3.41. The molecule has 2 saturated heterocycles. The van der Waals surface area contributed by atoms with Crippen LogP contribution in [0.15, 0.2) is 36.4 Å². The number of rotatable bonds is 5. The zero-order valence-corrected chi connectivity index (χ0v) is 19.2. The van der Waals surface area contributed by atoms with E-state index >= 15 is 0 Å². The largest absolute Gasteiger partial charge is 0.465 e. The standard InChI is InChI=1S/C22H23ClN4O5S/c23-18-9-8-17(33-18)21(30)25-16-12-26(22(31)32)11-15(16)24-20(29)13-4-6-14(7-5-13)27-10-2-1-3-19(27)28/h4-9,15-16H,1-3,10-12H2,(H,24,29)(H,25,30)(H,31,32)/t15-,16+/m0/s1. The Bertz CT molecular complexity index is 1070. The molecule has 3 heterocycles. The first-order valence-electron chi connectivity index (χ1n) is 10.6. The fraction of sp³-hybridized carbons (Fsp3) is 0.364. The predicted octanol–water partition coefficient (Wildman–Crippen LogP) is 2.81. The molecule has 0 saturated carbocycles. The fourth-order valence-electron chi connectivity index (χ4n) is 4.05. The van der Waals surface area contributed by atoms with Crippen molar-refractivity contribution in [3.8, 4) is 0 Å². The Balaban J connectivity index is 1.43. The van der Waals surface area contributed by atoms with E-state index in [1.54, 1.807) is 41.3 Å². The number of nitrogens with zero attached hydrogens (tertiary/aromatic N) is 2. The monoisotopic (exact) mass is 490 g/mol. The molecule has 2 aliphatic rings. The summed E-state index contributed by atoms with van der Waals surface area (Å²) in [6, 6.07) is 8.75. The summed E-state index contributed by atoms with van der Waals surface area (Å²) in [7, 11) is 0. The van der Waals surface area contributed by atoms with E-state index in [1.807, 2.05) is 0 Å². The van der Waals surface area contributed by atoms with Gasteiger partial charge in [0.25, 0.3) is 11.8 Å². The lowest BCUT2D eigenvalue weighted by Crippen LogP contribution is -2.50. The highest BCUT2D eigenvalue weighted by Crippen LogP contribution is 2.23. The maximum atomic E-state index is 12.8. The first-order valence-corrected chi connectivity index (χ1v) is 11.8. The molecular weight excluding hydrogens is 468 g/mol. The van der Waals surface area contributed by atoms with Crippen LogP contribution >= 0.6 is 22.9 Å². The SMILES string of the molecule is O=C(N[C@H]1CN(C(=O)O)C[C@H]1NC(=O)c1ccc(Cl)s1)c1ccc(N2CCCCC2=O)cc1. The van der Waals surface area contributed by atoms with Gasteiger partial charge in [-0.2, -0.15) is 0 Å². The fourth-order valence-corrected chi connectivity index (χ4v) is 5.00. The molecule has 0 unspecified atom stereocenters. The van der Waals surface area contributed by atoms with Gasteiger partial charge in [-0.1, -0.05) is 11.6 Å². The number of amides is 4. The molecule has 33 heavy (non-hydrogen) atoms. The molecule has 2 atom stereocenters. The molecule has 2 fully saturated rings. The van der Waals surface area contributed by atoms with Crippen LogP contribution in [0.5, 0.6) is 0 Å². The van der Waals surface area contributed by atoms with Crippen molar-refractivity contribution < 1.29 is 24.3 Å². The molecule has 1 aromatic heterocycles. The molecule has 2 aliphatic heterocycles. The van der Waals surface area contributed by atoms with E-state index in [1.165, 1.54) is 0 Å². The molecule has 0 radical (unpaired) electrons. The van der Waals surface area contributed by atoms with Crippen LogP contribution in [0.2, 0.25) is 4.34 Å². The lowest BCUT2D eigenvalue weighted by molar-refractivity contribution is -0.119. The van der Waals surface area contributed by atoms with Crippen LogP contribution in [0.3, 0.4) is 0 Å². The van der Waals surface area contributed by atoms with E-state index in [4.69, 9.17) is 11.6 Å². The third-order valence-electron chi connectivity index (χ3n) is 5.78. The van der Waals surface area contributed by atoms with Crippen LogP contribution in [-0.4, -0.2) is 65.5 Å². The molecule has 4 rings (SSSR count). The number of hydrogen-bond acceptors (Lipinski definition) is 5. The zero-order chi connectivity index (χ0) is 23.5. The molecule has 0 bridgehead atoms. The number of likely N-dealkylation sites (tertiary alicyclic amines) is 1. The van der Waals surface area contributed by atoms with E-state index in [0.717, 1.165) is 34.8 Å². The van der Waals surface area contributed by atoms with Gasteiger partial charge in [0.2, 0.25) is 5.91 Å². The van der Waals surface area contributed by atoms with Crippen LogP contribution in [0, 0.1) is 0 Å². The molecule has 0 aliphatic carbocycles. The van der Waals surface area contributed by atoms with Gasteiger partial charge in [-0.3, -0.25) is 14.4 Å². The normalized spacial score (nSPS) is 20.6. The van der Waals surface area contributed by atoms with Crippen LogP contribution < -0.4 is 15.5 Å². The number of piperidine rings is 1. The van der Waals surface area contributed by atoms with Crippen LogP contribution in [0.4, 0.5) is 10.5 Å². The maximum Gasteiger partial charge on any atom is 0.407 e. The summed E-state index contributed by atoms with van der Waals surface area (Å²) in [4.78, 5) is 52.2. The number of hydrogen-bond donors (Lipinski definition) is 3. The van der Waals surface area contributed by atoms with Gasteiger partial charge < -0.3 is 25.5 Å². The zero-order valence-electron chi connectivity index (χ0n) is 17.6. The lowest BCUT2D eigenvalue weighted by atomic mass is 10.1. The number of benzene rings is 1. The van der Waals surface area contributed by atoms with Crippen molar-refractivity contribution in [2.45, 2.75) is 31.3 Å². The highest BCUT2D eigenvalue weighted by atomic mass is 35.5. The summed E-state index contributed by atoms with van der Waals surface area (Å²) in [6.45, 7) is 0.771. The minimum Gasteiger partial charge on any atom is -0.465 e. The van der Waals surface area contributed by atoms with Crippen molar-refractivity contribution in [1.29, 1.82) is 0 Å². The summed E-state index contributed by atoms with van der Waals surface area (Å²) >= 11 is 7.01. The van der Waals surface area contributed by atoms with Gasteiger partial charge in [-0.25, -0.2) is 4.79 Å². The minimum absolute atomic E-state index is 0.0532. The molecule has 1 aromatic carbocycles. The summed E-state index contributed by atoms with van der Waals surface area (Å²) in [5.41, 5.74) is 1.13. The van der Waals surface area contributed by atoms with Gasteiger partial charge in [0.05, 0.1) is 21.3 Å². The van der Waals surface area contributed by atoms with Crippen molar-refractivity contribution in [2.75, 3.05) is 24.5 Å². The highest BCUT2D eigenvalue weighted by Gasteiger charge is 2.37. The number of halogens is 1. The molecule has 11 heteroatoms. The molecule has 2 aromatic rings. The second kappa shape index (κ2) is 9.80. The van der Waals surface area contributed by atoms with Crippen molar-refractivity contribution in [1.82, 2.24) is 15.5 Å². The molecule has 174 valence electrons. The van der Waals surface area contributed by atoms with Gasteiger partial charge in [-0.05, 0) is 49.2 Å². The third-order valence-corrected chi connectivity index (χ3v) is 7.01. The summed E-state index contributed by atoms with van der Waals surface area (Å²) in [5, 5.41) is 15.0. The molecule has 9 nitrogen and oxygen atoms in total. The van der Waals surface area contributed by atoms with Gasteiger partial charge in [0, 0.05) is 37.3 Å².